The molecule has 0 aliphatic heterocycles. The molecule has 0 heterocycles. The molecule has 2 N–H and O–H groups in total. The highest BCUT2D eigenvalue weighted by Gasteiger charge is 2.29. The Morgan fingerprint density at radius 3 is 2.53 bits per heavy atom. The van der Waals surface area contributed by atoms with Crippen LogP contribution in [-0.4, -0.2) is 25.1 Å². The van der Waals surface area contributed by atoms with Gasteiger partial charge in [0.1, 0.15) is 11.3 Å². The van der Waals surface area contributed by atoms with E-state index >= 15 is 0 Å². The maximum Gasteiger partial charge on any atom is 0.341 e. The third kappa shape index (κ3) is 2.23. The monoisotopic (exact) mass is 260 g/mol. The van der Waals surface area contributed by atoms with Gasteiger partial charge in [-0.3, -0.25) is 10.1 Å². The zero-order valence-electron chi connectivity index (χ0n) is 9.02. The average molecular weight is 261 g/mol. The van der Waals surface area contributed by atoms with E-state index in [2.05, 4.69) is 4.74 Å². The molecule has 0 bridgehead atoms. The van der Waals surface area contributed by atoms with Gasteiger partial charge in [-0.05, 0) is 6.07 Å². The number of benzene rings is 1. The molecule has 0 saturated carbocycles. The molecule has 0 fully saturated rings. The fourth-order valence-corrected chi connectivity index (χ4v) is 1.48. The van der Waals surface area contributed by atoms with Crippen molar-refractivity contribution in [1.82, 2.24) is 0 Å². The van der Waals surface area contributed by atoms with Crippen molar-refractivity contribution in [2.24, 2.45) is 0 Å². The van der Waals surface area contributed by atoms with Crippen LogP contribution in [0, 0.1) is 10.1 Å². The van der Waals surface area contributed by atoms with Crippen molar-refractivity contribution < 1.29 is 19.2 Å². The van der Waals surface area contributed by atoms with Crippen LogP contribution in [0.3, 0.4) is 0 Å². The molecule has 0 radical (unpaired) electrons. The lowest BCUT2D eigenvalue weighted by atomic mass is 10.1. The molecule has 7 nitrogen and oxygen atoms in total. The van der Waals surface area contributed by atoms with E-state index in [1.54, 1.807) is 0 Å². The molecular formula is C9H9ClN2O5. The molecule has 0 aliphatic rings. The summed E-state index contributed by atoms with van der Waals surface area (Å²) in [5.41, 5.74) is 4.49. The number of rotatable bonds is 3. The topological polar surface area (TPSA) is 105 Å². The number of methoxy groups -OCH3 is 2. The molecular weight excluding hydrogens is 252 g/mol. The zero-order valence-corrected chi connectivity index (χ0v) is 9.78. The molecule has 8 heteroatoms. The summed E-state index contributed by atoms with van der Waals surface area (Å²) in [6.45, 7) is 0. The van der Waals surface area contributed by atoms with Crippen molar-refractivity contribution >= 4 is 28.9 Å². The predicted octanol–water partition coefficient (Wildman–Crippen LogP) is 1.63. The number of nitrogens with zero attached hydrogens (tertiary/aromatic N) is 1. The summed E-state index contributed by atoms with van der Waals surface area (Å²) < 4.78 is 9.28. The van der Waals surface area contributed by atoms with Gasteiger partial charge in [-0.25, -0.2) is 4.79 Å². The zero-order chi connectivity index (χ0) is 13.2. The number of nitrogen functional groups attached to an aromatic ring is 1. The van der Waals surface area contributed by atoms with Crippen molar-refractivity contribution in [2.45, 2.75) is 0 Å². The second-order valence-corrected chi connectivity index (χ2v) is 3.36. The number of nitro groups is 1. The number of anilines is 1. The number of halogens is 1. The number of nitrogens with two attached hydrogens (primary N) is 1. The predicted molar refractivity (Wildman–Crippen MR) is 60.4 cm³/mol. The first-order chi connectivity index (χ1) is 7.93. The van der Waals surface area contributed by atoms with Gasteiger partial charge in [-0.2, -0.15) is 0 Å². The largest absolute Gasteiger partial charge is 0.489 e. The van der Waals surface area contributed by atoms with E-state index in [4.69, 9.17) is 22.1 Å². The lowest BCUT2D eigenvalue weighted by Gasteiger charge is -2.10. The van der Waals surface area contributed by atoms with Crippen LogP contribution in [0.2, 0.25) is 5.02 Å². The molecule has 0 aromatic heterocycles. The van der Waals surface area contributed by atoms with Gasteiger partial charge in [-0.1, -0.05) is 11.6 Å². The summed E-state index contributed by atoms with van der Waals surface area (Å²) >= 11 is 5.70. The average Bonchev–Trinajstić information content (AvgIpc) is 2.30. The summed E-state index contributed by atoms with van der Waals surface area (Å²) in [5, 5.41) is 10.7. The Kier molecular flexibility index (Phi) is 3.74. The Bertz CT molecular complexity index is 489. The molecule has 0 amide bonds. The first-order valence-electron chi connectivity index (χ1n) is 4.32. The highest BCUT2D eigenvalue weighted by atomic mass is 35.5. The van der Waals surface area contributed by atoms with Gasteiger partial charge in [-0.15, -0.1) is 0 Å². The summed E-state index contributed by atoms with van der Waals surface area (Å²) in [6.07, 6.45) is 0. The van der Waals surface area contributed by atoms with Crippen molar-refractivity contribution in [2.75, 3.05) is 20.0 Å². The van der Waals surface area contributed by atoms with Gasteiger partial charge in [0.15, 0.2) is 0 Å². The summed E-state index contributed by atoms with van der Waals surface area (Å²) in [7, 11) is 2.32. The number of nitro benzene ring substituents is 1. The number of carbonyl (C=O) groups excluding carboxylic acids is 1. The standard InChI is InChI=1S/C9H9ClN2O5/c1-16-8-4(9(13)17-2)3-5(10)6(11)7(8)12(14)15/h3H,11H2,1-2H3. The van der Waals surface area contributed by atoms with Gasteiger partial charge in [0.2, 0.25) is 5.75 Å². The van der Waals surface area contributed by atoms with Crippen molar-refractivity contribution in [1.29, 1.82) is 0 Å². The molecule has 1 rings (SSSR count). The van der Waals surface area contributed by atoms with Crippen LogP contribution in [-0.2, 0) is 4.74 Å². The van der Waals surface area contributed by atoms with Gasteiger partial charge in [0.25, 0.3) is 0 Å². The Morgan fingerprint density at radius 1 is 1.53 bits per heavy atom. The maximum absolute atomic E-state index is 11.4. The number of esters is 1. The van der Waals surface area contributed by atoms with Crippen LogP contribution in [0.5, 0.6) is 5.75 Å². The van der Waals surface area contributed by atoms with E-state index < -0.39 is 16.6 Å². The van der Waals surface area contributed by atoms with Crippen molar-refractivity contribution in [3.05, 3.63) is 26.8 Å². The Balaban J connectivity index is 3.63. The molecule has 0 unspecified atom stereocenters. The van der Waals surface area contributed by atoms with E-state index in [0.29, 0.717) is 0 Å². The molecule has 1 aromatic carbocycles. The fraction of sp³-hybridized carbons (Fsp3) is 0.222. The Hall–Kier alpha value is -2.02. The van der Waals surface area contributed by atoms with E-state index in [9.17, 15) is 14.9 Å². The van der Waals surface area contributed by atoms with Gasteiger partial charge < -0.3 is 15.2 Å². The van der Waals surface area contributed by atoms with Crippen molar-refractivity contribution in [3.8, 4) is 5.75 Å². The smallest absolute Gasteiger partial charge is 0.341 e. The summed E-state index contributed by atoms with van der Waals surface area (Å²) in [5.74, 6) is -1.07. The minimum atomic E-state index is -0.799. The van der Waals surface area contributed by atoms with E-state index in [0.717, 1.165) is 13.2 Å². The lowest BCUT2D eigenvalue weighted by Crippen LogP contribution is -2.08. The minimum absolute atomic E-state index is 0.113. The molecule has 17 heavy (non-hydrogen) atoms. The SMILES string of the molecule is COC(=O)c1cc(Cl)c(N)c([N+](=O)[O-])c1OC. The second kappa shape index (κ2) is 4.88. The van der Waals surface area contributed by atoms with E-state index in [1.165, 1.54) is 7.11 Å². The summed E-state index contributed by atoms with van der Waals surface area (Å²) in [4.78, 5) is 21.5. The van der Waals surface area contributed by atoms with Gasteiger partial charge >= 0.3 is 11.7 Å². The minimum Gasteiger partial charge on any atom is -0.489 e. The van der Waals surface area contributed by atoms with Crippen molar-refractivity contribution in [3.63, 3.8) is 0 Å². The van der Waals surface area contributed by atoms with Crippen LogP contribution in [0.25, 0.3) is 0 Å². The third-order valence-electron chi connectivity index (χ3n) is 2.04. The first-order valence-corrected chi connectivity index (χ1v) is 4.70. The third-order valence-corrected chi connectivity index (χ3v) is 2.35. The lowest BCUT2D eigenvalue weighted by molar-refractivity contribution is -0.384. The molecule has 92 valence electrons. The van der Waals surface area contributed by atoms with Crippen LogP contribution in [0.15, 0.2) is 6.07 Å². The first kappa shape index (κ1) is 13.0. The van der Waals surface area contributed by atoms with Crippen LogP contribution >= 0.6 is 11.6 Å². The Labute approximate surface area is 101 Å². The highest BCUT2D eigenvalue weighted by Crippen LogP contribution is 2.41. The second-order valence-electron chi connectivity index (χ2n) is 2.95. The quantitative estimate of drug-likeness (QED) is 0.383. The maximum atomic E-state index is 11.4. The molecule has 0 atom stereocenters. The molecule has 1 aromatic rings. The number of ether oxygens (including phenoxy) is 2. The number of carbonyl (C=O) groups is 1. The molecule has 0 saturated heterocycles. The normalized spacial score (nSPS) is 9.82. The fourth-order valence-electron chi connectivity index (χ4n) is 1.28. The van der Waals surface area contributed by atoms with E-state index in [-0.39, 0.29) is 22.0 Å². The summed E-state index contributed by atoms with van der Waals surface area (Å²) in [6, 6.07) is 1.16. The van der Waals surface area contributed by atoms with Crippen LogP contribution in [0.4, 0.5) is 11.4 Å². The Morgan fingerprint density at radius 2 is 2.12 bits per heavy atom. The van der Waals surface area contributed by atoms with E-state index in [1.807, 2.05) is 0 Å². The van der Waals surface area contributed by atoms with Crippen LogP contribution in [0.1, 0.15) is 10.4 Å². The molecule has 0 aliphatic carbocycles. The highest BCUT2D eigenvalue weighted by molar-refractivity contribution is 6.34. The van der Waals surface area contributed by atoms with Crippen LogP contribution < -0.4 is 10.5 Å². The molecule has 0 spiro atoms. The number of hydrogen-bond acceptors (Lipinski definition) is 6. The van der Waals surface area contributed by atoms with Gasteiger partial charge in [0, 0.05) is 0 Å². The number of hydrogen-bond donors (Lipinski definition) is 1. The van der Waals surface area contributed by atoms with Gasteiger partial charge in [0.05, 0.1) is 24.2 Å².